The summed E-state index contributed by atoms with van der Waals surface area (Å²) in [7, 11) is 1.75. The molecule has 0 aromatic carbocycles. The molecule has 5 nitrogen and oxygen atoms in total. The number of carbonyl (C=O) groups excluding carboxylic acids is 1. The lowest BCUT2D eigenvalue weighted by molar-refractivity contribution is 0.0769. The molecule has 0 saturated carbocycles. The number of anilines is 1. The molecule has 0 saturated heterocycles. The van der Waals surface area contributed by atoms with Crippen molar-refractivity contribution in [1.29, 1.82) is 0 Å². The molecule has 0 radical (unpaired) electrons. The Hall–Kier alpha value is -1.62. The molecule has 112 valence electrons. The van der Waals surface area contributed by atoms with Crippen LogP contribution in [0, 0.1) is 6.92 Å². The molecular formula is C15H25N3O2. The van der Waals surface area contributed by atoms with E-state index in [1.54, 1.807) is 31.0 Å². The summed E-state index contributed by atoms with van der Waals surface area (Å²) in [6.45, 7) is 7.06. The number of nitrogens with one attached hydrogen (secondary N) is 1. The largest absolute Gasteiger partial charge is 0.393 e. The maximum absolute atomic E-state index is 12.3. The van der Waals surface area contributed by atoms with Gasteiger partial charge in [-0.2, -0.15) is 0 Å². The van der Waals surface area contributed by atoms with Gasteiger partial charge in [-0.3, -0.25) is 4.79 Å². The fraction of sp³-hybridized carbons (Fsp3) is 0.600. The van der Waals surface area contributed by atoms with Gasteiger partial charge in [0.05, 0.1) is 6.10 Å². The normalized spacial score (nSPS) is 12.1. The third-order valence-electron chi connectivity index (χ3n) is 2.99. The zero-order valence-corrected chi connectivity index (χ0v) is 12.8. The van der Waals surface area contributed by atoms with Crippen LogP contribution in [0.4, 0.5) is 5.82 Å². The fourth-order valence-electron chi connectivity index (χ4n) is 1.84. The van der Waals surface area contributed by atoms with Crippen LogP contribution in [0.5, 0.6) is 0 Å². The van der Waals surface area contributed by atoms with E-state index in [1.165, 1.54) is 0 Å². The Morgan fingerprint density at radius 1 is 1.50 bits per heavy atom. The van der Waals surface area contributed by atoms with Crippen molar-refractivity contribution in [2.45, 2.75) is 39.7 Å². The number of aliphatic hydroxyl groups excluding tert-OH is 1. The lowest BCUT2D eigenvalue weighted by Gasteiger charge is -2.18. The SMILES string of the molecule is CCCNc1cc(C(=O)N(C)CCC(C)O)cc(C)n1. The van der Waals surface area contributed by atoms with Crippen molar-refractivity contribution >= 4 is 11.7 Å². The van der Waals surface area contributed by atoms with Crippen LogP contribution in [0.2, 0.25) is 0 Å². The van der Waals surface area contributed by atoms with Gasteiger partial charge in [0.15, 0.2) is 0 Å². The van der Waals surface area contributed by atoms with E-state index >= 15 is 0 Å². The highest BCUT2D eigenvalue weighted by Crippen LogP contribution is 2.12. The molecule has 0 bridgehead atoms. The Labute approximate surface area is 121 Å². The number of carbonyl (C=O) groups is 1. The number of hydrogen-bond donors (Lipinski definition) is 2. The Balaban J connectivity index is 2.78. The van der Waals surface area contributed by atoms with Gasteiger partial charge in [0, 0.05) is 31.4 Å². The number of nitrogens with zero attached hydrogens (tertiary/aromatic N) is 2. The van der Waals surface area contributed by atoms with Crippen molar-refractivity contribution in [2.24, 2.45) is 0 Å². The van der Waals surface area contributed by atoms with Gasteiger partial charge in [-0.25, -0.2) is 4.98 Å². The van der Waals surface area contributed by atoms with Crippen LogP contribution in [0.25, 0.3) is 0 Å². The molecular weight excluding hydrogens is 254 g/mol. The number of aryl methyl sites for hydroxylation is 1. The van der Waals surface area contributed by atoms with Gasteiger partial charge in [-0.05, 0) is 38.8 Å². The van der Waals surface area contributed by atoms with Gasteiger partial charge in [0.25, 0.3) is 5.91 Å². The molecule has 1 atom stereocenters. The zero-order chi connectivity index (χ0) is 15.1. The summed E-state index contributed by atoms with van der Waals surface area (Å²) in [6.07, 6.45) is 1.19. The molecule has 0 aliphatic rings. The first-order valence-corrected chi connectivity index (χ1v) is 7.10. The molecule has 2 N–H and O–H groups in total. The van der Waals surface area contributed by atoms with Crippen LogP contribution in [0.3, 0.4) is 0 Å². The second-order valence-electron chi connectivity index (χ2n) is 5.17. The van der Waals surface area contributed by atoms with Gasteiger partial charge in [0.1, 0.15) is 5.82 Å². The second-order valence-corrected chi connectivity index (χ2v) is 5.17. The number of pyridine rings is 1. The summed E-state index contributed by atoms with van der Waals surface area (Å²) in [5, 5.41) is 12.5. The molecule has 1 rings (SSSR count). The molecule has 5 heteroatoms. The Morgan fingerprint density at radius 2 is 2.20 bits per heavy atom. The number of aromatic nitrogens is 1. The van der Waals surface area contributed by atoms with E-state index in [2.05, 4.69) is 17.2 Å². The average molecular weight is 279 g/mol. The molecule has 0 spiro atoms. The highest BCUT2D eigenvalue weighted by molar-refractivity contribution is 5.94. The fourth-order valence-corrected chi connectivity index (χ4v) is 1.84. The summed E-state index contributed by atoms with van der Waals surface area (Å²) in [5.74, 6) is 0.690. The van der Waals surface area contributed by atoms with Crippen LogP contribution >= 0.6 is 0 Å². The first-order valence-electron chi connectivity index (χ1n) is 7.10. The van der Waals surface area contributed by atoms with E-state index < -0.39 is 6.10 Å². The smallest absolute Gasteiger partial charge is 0.253 e. The third kappa shape index (κ3) is 5.17. The summed E-state index contributed by atoms with van der Waals surface area (Å²) < 4.78 is 0. The van der Waals surface area contributed by atoms with E-state index in [0.29, 0.717) is 18.5 Å². The van der Waals surface area contributed by atoms with Gasteiger partial charge < -0.3 is 15.3 Å². The first kappa shape index (κ1) is 16.4. The van der Waals surface area contributed by atoms with E-state index in [9.17, 15) is 9.90 Å². The van der Waals surface area contributed by atoms with E-state index in [-0.39, 0.29) is 5.91 Å². The summed E-state index contributed by atoms with van der Waals surface area (Å²) >= 11 is 0. The highest BCUT2D eigenvalue weighted by Gasteiger charge is 2.14. The average Bonchev–Trinajstić information content (AvgIpc) is 2.41. The minimum atomic E-state index is -0.397. The molecule has 1 unspecified atom stereocenters. The summed E-state index contributed by atoms with van der Waals surface area (Å²) in [4.78, 5) is 18.3. The minimum absolute atomic E-state index is 0.0456. The Kier molecular flexibility index (Phi) is 6.45. The van der Waals surface area contributed by atoms with Gasteiger partial charge in [-0.1, -0.05) is 6.92 Å². The molecule has 1 amide bonds. The van der Waals surface area contributed by atoms with Crippen LogP contribution in [0.1, 0.15) is 42.7 Å². The van der Waals surface area contributed by atoms with Crippen molar-refractivity contribution in [3.05, 3.63) is 23.4 Å². The predicted octanol–water partition coefficient (Wildman–Crippen LogP) is 2.05. The highest BCUT2D eigenvalue weighted by atomic mass is 16.3. The van der Waals surface area contributed by atoms with Crippen LogP contribution in [0.15, 0.2) is 12.1 Å². The van der Waals surface area contributed by atoms with Crippen molar-refractivity contribution in [1.82, 2.24) is 9.88 Å². The van der Waals surface area contributed by atoms with E-state index in [4.69, 9.17) is 0 Å². The standard InChI is InChI=1S/C15H25N3O2/c1-5-7-16-14-10-13(9-11(2)17-14)15(20)18(4)8-6-12(3)19/h9-10,12,19H,5-8H2,1-4H3,(H,16,17). The van der Waals surface area contributed by atoms with Crippen LogP contribution < -0.4 is 5.32 Å². The van der Waals surface area contributed by atoms with Crippen molar-refractivity contribution in [3.8, 4) is 0 Å². The maximum atomic E-state index is 12.3. The maximum Gasteiger partial charge on any atom is 0.253 e. The molecule has 1 heterocycles. The van der Waals surface area contributed by atoms with Gasteiger partial charge in [0.2, 0.25) is 0 Å². The summed E-state index contributed by atoms with van der Waals surface area (Å²) in [6, 6.07) is 3.57. The van der Waals surface area contributed by atoms with Crippen molar-refractivity contribution in [2.75, 3.05) is 25.5 Å². The number of amides is 1. The number of rotatable bonds is 7. The number of aliphatic hydroxyl groups is 1. The molecule has 20 heavy (non-hydrogen) atoms. The van der Waals surface area contributed by atoms with Gasteiger partial charge >= 0.3 is 0 Å². The number of hydrogen-bond acceptors (Lipinski definition) is 4. The Morgan fingerprint density at radius 3 is 2.80 bits per heavy atom. The molecule has 0 aliphatic carbocycles. The molecule has 0 aliphatic heterocycles. The minimum Gasteiger partial charge on any atom is -0.393 e. The summed E-state index contributed by atoms with van der Waals surface area (Å²) in [5.41, 5.74) is 1.45. The van der Waals surface area contributed by atoms with Crippen molar-refractivity contribution in [3.63, 3.8) is 0 Å². The van der Waals surface area contributed by atoms with E-state index in [0.717, 1.165) is 24.5 Å². The van der Waals surface area contributed by atoms with Crippen molar-refractivity contribution < 1.29 is 9.90 Å². The van der Waals surface area contributed by atoms with Crippen LogP contribution in [-0.4, -0.2) is 47.1 Å². The topological polar surface area (TPSA) is 65.5 Å². The zero-order valence-electron chi connectivity index (χ0n) is 12.8. The molecule has 1 aromatic heterocycles. The monoisotopic (exact) mass is 279 g/mol. The third-order valence-corrected chi connectivity index (χ3v) is 2.99. The molecule has 1 aromatic rings. The van der Waals surface area contributed by atoms with Gasteiger partial charge in [-0.15, -0.1) is 0 Å². The predicted molar refractivity (Wildman–Crippen MR) is 81.0 cm³/mol. The first-order chi connectivity index (χ1) is 9.43. The quantitative estimate of drug-likeness (QED) is 0.802. The lowest BCUT2D eigenvalue weighted by atomic mass is 10.2. The molecule has 0 fully saturated rings. The van der Waals surface area contributed by atoms with Crippen LogP contribution in [-0.2, 0) is 0 Å². The van der Waals surface area contributed by atoms with E-state index in [1.807, 2.05) is 6.92 Å². The second kappa shape index (κ2) is 7.85. The Bertz CT molecular complexity index is 447. The lowest BCUT2D eigenvalue weighted by Crippen LogP contribution is -2.29.